The molecule has 0 bridgehead atoms. The van der Waals surface area contributed by atoms with Gasteiger partial charge in [0.25, 0.3) is 0 Å². The van der Waals surface area contributed by atoms with Crippen molar-refractivity contribution in [3.8, 4) is 0 Å². The van der Waals surface area contributed by atoms with E-state index in [0.717, 1.165) is 42.4 Å². The fourth-order valence-corrected chi connectivity index (χ4v) is 2.95. The van der Waals surface area contributed by atoms with Crippen LogP contribution in [0.5, 0.6) is 0 Å². The lowest BCUT2D eigenvalue weighted by molar-refractivity contribution is -0.120. The van der Waals surface area contributed by atoms with Gasteiger partial charge in [-0.05, 0) is 32.8 Å². The number of nitrogens with one attached hydrogen (secondary N) is 1. The normalized spacial score (nSPS) is 18.0. The van der Waals surface area contributed by atoms with Crippen LogP contribution in [0.15, 0.2) is 18.5 Å². The van der Waals surface area contributed by atoms with Crippen molar-refractivity contribution in [3.63, 3.8) is 0 Å². The Bertz CT molecular complexity index is 690. The number of aromatic nitrogens is 4. The lowest BCUT2D eigenvalue weighted by Gasteiger charge is -2.32. The van der Waals surface area contributed by atoms with Crippen LogP contribution in [-0.2, 0) is 11.8 Å². The Kier molecular flexibility index (Phi) is 4.27. The van der Waals surface area contributed by atoms with E-state index in [1.54, 1.807) is 17.1 Å². The highest BCUT2D eigenvalue weighted by molar-refractivity contribution is 5.92. The number of carbonyl (C=O) groups excluding carboxylic acids is 1. The molecule has 2 aromatic rings. The molecule has 23 heavy (non-hydrogen) atoms. The highest BCUT2D eigenvalue weighted by atomic mass is 16.1. The molecule has 1 unspecified atom stereocenters. The molecular formula is C16H22N6O. The number of piperidine rings is 1. The van der Waals surface area contributed by atoms with Crippen molar-refractivity contribution in [2.45, 2.75) is 26.7 Å². The molecule has 1 aliphatic rings. The first-order chi connectivity index (χ1) is 11.0. The molecule has 7 nitrogen and oxygen atoms in total. The molecule has 0 saturated carbocycles. The minimum absolute atomic E-state index is 0.0343. The van der Waals surface area contributed by atoms with Crippen molar-refractivity contribution < 1.29 is 4.79 Å². The van der Waals surface area contributed by atoms with Gasteiger partial charge in [0.2, 0.25) is 11.9 Å². The van der Waals surface area contributed by atoms with Crippen LogP contribution in [0.2, 0.25) is 0 Å². The highest BCUT2D eigenvalue weighted by Crippen LogP contribution is 2.22. The number of rotatable bonds is 3. The first kappa shape index (κ1) is 15.5. The van der Waals surface area contributed by atoms with Crippen LogP contribution in [0, 0.1) is 19.8 Å². The van der Waals surface area contributed by atoms with E-state index in [1.807, 2.05) is 27.0 Å². The zero-order chi connectivity index (χ0) is 16.4. The number of hydrogen-bond acceptors (Lipinski definition) is 5. The fraction of sp³-hybridized carbons (Fsp3) is 0.500. The summed E-state index contributed by atoms with van der Waals surface area (Å²) in [7, 11) is 1.83. The van der Waals surface area contributed by atoms with Crippen molar-refractivity contribution >= 4 is 17.5 Å². The molecule has 1 aliphatic heterocycles. The summed E-state index contributed by atoms with van der Waals surface area (Å²) in [6.45, 7) is 5.47. The van der Waals surface area contributed by atoms with E-state index in [2.05, 4.69) is 25.3 Å². The van der Waals surface area contributed by atoms with Crippen LogP contribution in [0.3, 0.4) is 0 Å². The van der Waals surface area contributed by atoms with Crippen LogP contribution >= 0.6 is 0 Å². The zero-order valence-corrected chi connectivity index (χ0v) is 13.8. The van der Waals surface area contributed by atoms with Gasteiger partial charge < -0.3 is 10.2 Å². The summed E-state index contributed by atoms with van der Waals surface area (Å²) in [5.41, 5.74) is 2.64. The first-order valence-electron chi connectivity index (χ1n) is 7.88. The van der Waals surface area contributed by atoms with Gasteiger partial charge in [-0.15, -0.1) is 0 Å². The lowest BCUT2D eigenvalue weighted by Crippen LogP contribution is -2.41. The van der Waals surface area contributed by atoms with Crippen molar-refractivity contribution in [3.05, 3.63) is 29.8 Å². The average molecular weight is 314 g/mol. The van der Waals surface area contributed by atoms with Crippen molar-refractivity contribution in [2.24, 2.45) is 13.0 Å². The van der Waals surface area contributed by atoms with Gasteiger partial charge in [0.15, 0.2) is 0 Å². The molecule has 0 aliphatic carbocycles. The fourth-order valence-electron chi connectivity index (χ4n) is 2.95. The van der Waals surface area contributed by atoms with Gasteiger partial charge in [0, 0.05) is 37.7 Å². The van der Waals surface area contributed by atoms with Gasteiger partial charge in [-0.25, -0.2) is 9.97 Å². The molecule has 122 valence electrons. The van der Waals surface area contributed by atoms with E-state index in [0.29, 0.717) is 6.54 Å². The van der Waals surface area contributed by atoms with Crippen LogP contribution in [-0.4, -0.2) is 38.7 Å². The molecule has 1 saturated heterocycles. The topological polar surface area (TPSA) is 75.9 Å². The maximum atomic E-state index is 12.5. The first-order valence-corrected chi connectivity index (χ1v) is 7.88. The molecular weight excluding hydrogens is 292 g/mol. The summed E-state index contributed by atoms with van der Waals surface area (Å²) < 4.78 is 1.67. The Hall–Kier alpha value is -2.44. The maximum absolute atomic E-state index is 12.5. The number of nitrogens with zero attached hydrogens (tertiary/aromatic N) is 5. The summed E-state index contributed by atoms with van der Waals surface area (Å²) in [6.07, 6.45) is 5.30. The van der Waals surface area contributed by atoms with Gasteiger partial charge in [0.1, 0.15) is 0 Å². The predicted molar refractivity (Wildman–Crippen MR) is 88.3 cm³/mol. The van der Waals surface area contributed by atoms with Crippen LogP contribution in [0.1, 0.15) is 24.2 Å². The molecule has 3 heterocycles. The molecule has 3 rings (SSSR count). The number of anilines is 2. The number of amides is 1. The molecule has 1 atom stereocenters. The van der Waals surface area contributed by atoms with E-state index in [4.69, 9.17) is 0 Å². The third-order valence-corrected chi connectivity index (χ3v) is 4.02. The second-order valence-corrected chi connectivity index (χ2v) is 6.13. The Balaban J connectivity index is 1.69. The summed E-state index contributed by atoms with van der Waals surface area (Å²) >= 11 is 0. The monoisotopic (exact) mass is 314 g/mol. The zero-order valence-electron chi connectivity index (χ0n) is 13.8. The molecule has 1 amide bonds. The van der Waals surface area contributed by atoms with E-state index in [9.17, 15) is 4.79 Å². The Morgan fingerprint density at radius 3 is 2.70 bits per heavy atom. The van der Waals surface area contributed by atoms with Gasteiger partial charge in [-0.3, -0.25) is 9.48 Å². The van der Waals surface area contributed by atoms with E-state index < -0.39 is 0 Å². The summed E-state index contributed by atoms with van der Waals surface area (Å²) in [5, 5.41) is 7.01. The van der Waals surface area contributed by atoms with Crippen molar-refractivity contribution in [1.82, 2.24) is 19.7 Å². The largest absolute Gasteiger partial charge is 0.340 e. The molecule has 1 N–H and O–H groups in total. The van der Waals surface area contributed by atoms with Crippen molar-refractivity contribution in [2.75, 3.05) is 23.3 Å². The van der Waals surface area contributed by atoms with E-state index in [1.165, 1.54) is 0 Å². The molecule has 0 aromatic carbocycles. The minimum atomic E-state index is -0.0617. The second kappa shape index (κ2) is 6.36. The summed E-state index contributed by atoms with van der Waals surface area (Å²) in [4.78, 5) is 23.6. The summed E-state index contributed by atoms with van der Waals surface area (Å²) in [5.74, 6) is 0.696. The molecule has 0 spiro atoms. The SMILES string of the molecule is Cc1cc(C)nc(N2CCCC(C(=O)Nc3cnn(C)c3)C2)n1. The molecule has 7 heteroatoms. The molecule has 2 aromatic heterocycles. The minimum Gasteiger partial charge on any atom is -0.340 e. The Morgan fingerprint density at radius 1 is 1.30 bits per heavy atom. The third kappa shape index (κ3) is 3.67. The molecule has 0 radical (unpaired) electrons. The van der Waals surface area contributed by atoms with Gasteiger partial charge >= 0.3 is 0 Å². The van der Waals surface area contributed by atoms with Gasteiger partial charge in [-0.2, -0.15) is 5.10 Å². The quantitative estimate of drug-likeness (QED) is 0.933. The smallest absolute Gasteiger partial charge is 0.229 e. The van der Waals surface area contributed by atoms with Crippen molar-refractivity contribution in [1.29, 1.82) is 0 Å². The second-order valence-electron chi connectivity index (χ2n) is 6.13. The summed E-state index contributed by atoms with van der Waals surface area (Å²) in [6, 6.07) is 1.96. The van der Waals surface area contributed by atoms with E-state index >= 15 is 0 Å². The Labute approximate surface area is 135 Å². The predicted octanol–water partition coefficient (Wildman–Crippen LogP) is 1.68. The van der Waals surface area contributed by atoms with Crippen LogP contribution in [0.25, 0.3) is 0 Å². The molecule has 1 fully saturated rings. The number of hydrogen-bond donors (Lipinski definition) is 1. The van der Waals surface area contributed by atoms with E-state index in [-0.39, 0.29) is 11.8 Å². The van der Waals surface area contributed by atoms with Gasteiger partial charge in [0.05, 0.1) is 17.8 Å². The number of carbonyl (C=O) groups is 1. The van der Waals surface area contributed by atoms with Crippen LogP contribution < -0.4 is 10.2 Å². The maximum Gasteiger partial charge on any atom is 0.229 e. The van der Waals surface area contributed by atoms with Crippen LogP contribution in [0.4, 0.5) is 11.6 Å². The number of aryl methyl sites for hydroxylation is 3. The third-order valence-electron chi connectivity index (χ3n) is 4.02. The lowest BCUT2D eigenvalue weighted by atomic mass is 9.97. The standard InChI is InChI=1S/C16H22N6O/c1-11-7-12(2)19-16(18-11)22-6-4-5-13(9-22)15(23)20-14-8-17-21(3)10-14/h7-8,10,13H,4-6,9H2,1-3H3,(H,20,23). The Morgan fingerprint density at radius 2 is 2.04 bits per heavy atom. The van der Waals surface area contributed by atoms with Gasteiger partial charge in [-0.1, -0.05) is 0 Å². The average Bonchev–Trinajstić information content (AvgIpc) is 2.91. The highest BCUT2D eigenvalue weighted by Gasteiger charge is 2.27.